The van der Waals surface area contributed by atoms with Gasteiger partial charge in [0.1, 0.15) is 6.04 Å². The van der Waals surface area contributed by atoms with Crippen molar-refractivity contribution in [2.24, 2.45) is 13.0 Å². The van der Waals surface area contributed by atoms with Gasteiger partial charge in [0.25, 0.3) is 0 Å². The Morgan fingerprint density at radius 3 is 2.80 bits per heavy atom. The summed E-state index contributed by atoms with van der Waals surface area (Å²) in [5.74, 6) is 0.339. The molecule has 0 radical (unpaired) electrons. The maximum atomic E-state index is 12.3. The summed E-state index contributed by atoms with van der Waals surface area (Å²) in [5.41, 5.74) is 1.08. The van der Waals surface area contributed by atoms with E-state index in [1.807, 2.05) is 27.1 Å². The molecule has 1 saturated heterocycles. The smallest absolute Gasteiger partial charge is 0.245 e. The van der Waals surface area contributed by atoms with Gasteiger partial charge < -0.3 is 10.2 Å². The van der Waals surface area contributed by atoms with Gasteiger partial charge in [0.15, 0.2) is 0 Å². The van der Waals surface area contributed by atoms with Gasteiger partial charge in [-0.3, -0.25) is 14.3 Å². The van der Waals surface area contributed by atoms with Crippen LogP contribution in [0.5, 0.6) is 0 Å². The monoisotopic (exact) mass is 278 g/mol. The quantitative estimate of drug-likeness (QED) is 0.844. The molecule has 110 valence electrons. The lowest BCUT2D eigenvalue weighted by Gasteiger charge is -2.33. The highest BCUT2D eigenvalue weighted by atomic mass is 16.2. The van der Waals surface area contributed by atoms with Crippen LogP contribution in [0.1, 0.15) is 25.8 Å². The molecular formula is C14H22N4O2. The predicted molar refractivity (Wildman–Crippen MR) is 74.9 cm³/mol. The molecule has 0 aliphatic carbocycles. The standard InChI is InChI=1S/C14H22N4O2/c1-10(2)6-12-14(20)18(9-13(19)16-12)5-4-11-7-15-17(3)8-11/h7-8,10,12H,4-6,9H2,1-3H3,(H,16,19). The largest absolute Gasteiger partial charge is 0.343 e. The SMILES string of the molecule is CC(C)CC1NC(=O)CN(CCc2cnn(C)c2)C1=O. The fourth-order valence-electron chi connectivity index (χ4n) is 2.46. The molecule has 1 aromatic heterocycles. The Morgan fingerprint density at radius 1 is 1.45 bits per heavy atom. The Hall–Kier alpha value is -1.85. The van der Waals surface area contributed by atoms with E-state index >= 15 is 0 Å². The number of amides is 2. The normalized spacial score (nSPS) is 19.6. The first kappa shape index (κ1) is 14.6. The minimum atomic E-state index is -0.370. The third-order valence-corrected chi connectivity index (χ3v) is 3.42. The molecule has 1 aromatic rings. The first-order valence-corrected chi connectivity index (χ1v) is 7.01. The molecule has 6 heteroatoms. The molecule has 1 fully saturated rings. The Morgan fingerprint density at radius 2 is 2.20 bits per heavy atom. The molecule has 2 rings (SSSR count). The summed E-state index contributed by atoms with van der Waals surface area (Å²) in [6, 6.07) is -0.370. The number of aromatic nitrogens is 2. The van der Waals surface area contributed by atoms with Crippen molar-refractivity contribution < 1.29 is 9.59 Å². The molecule has 1 aliphatic rings. The zero-order chi connectivity index (χ0) is 14.7. The maximum Gasteiger partial charge on any atom is 0.245 e. The Kier molecular flexibility index (Phi) is 4.42. The van der Waals surface area contributed by atoms with Gasteiger partial charge in [-0.1, -0.05) is 13.8 Å². The highest BCUT2D eigenvalue weighted by molar-refractivity contribution is 5.94. The summed E-state index contributed by atoms with van der Waals surface area (Å²) in [6.07, 6.45) is 5.13. The van der Waals surface area contributed by atoms with E-state index in [0.29, 0.717) is 18.9 Å². The number of carbonyl (C=O) groups excluding carboxylic acids is 2. The molecule has 2 amide bonds. The van der Waals surface area contributed by atoms with E-state index in [1.54, 1.807) is 15.8 Å². The van der Waals surface area contributed by atoms with Gasteiger partial charge in [-0.05, 0) is 24.3 Å². The van der Waals surface area contributed by atoms with E-state index < -0.39 is 0 Å². The third kappa shape index (κ3) is 3.59. The predicted octanol–water partition coefficient (Wildman–Crippen LogP) is 0.336. The minimum Gasteiger partial charge on any atom is -0.343 e. The van der Waals surface area contributed by atoms with Crippen LogP contribution < -0.4 is 5.32 Å². The first-order valence-electron chi connectivity index (χ1n) is 7.01. The van der Waals surface area contributed by atoms with E-state index in [1.165, 1.54) is 0 Å². The van der Waals surface area contributed by atoms with Crippen molar-refractivity contribution in [3.8, 4) is 0 Å². The van der Waals surface area contributed by atoms with E-state index in [-0.39, 0.29) is 24.4 Å². The second-order valence-electron chi connectivity index (χ2n) is 5.78. The van der Waals surface area contributed by atoms with Gasteiger partial charge in [0, 0.05) is 19.8 Å². The molecular weight excluding hydrogens is 256 g/mol. The summed E-state index contributed by atoms with van der Waals surface area (Å²) < 4.78 is 1.74. The lowest BCUT2D eigenvalue weighted by Crippen LogP contribution is -2.58. The molecule has 0 saturated carbocycles. The Bertz CT molecular complexity index is 495. The van der Waals surface area contributed by atoms with E-state index in [2.05, 4.69) is 10.4 Å². The molecule has 1 aliphatic heterocycles. The minimum absolute atomic E-state index is 0.0298. The van der Waals surface area contributed by atoms with E-state index in [9.17, 15) is 9.59 Å². The molecule has 0 spiro atoms. The van der Waals surface area contributed by atoms with Gasteiger partial charge >= 0.3 is 0 Å². The highest BCUT2D eigenvalue weighted by Crippen LogP contribution is 2.12. The lowest BCUT2D eigenvalue weighted by atomic mass is 10.0. The second kappa shape index (κ2) is 6.07. The van der Waals surface area contributed by atoms with Crippen LogP contribution in [0.2, 0.25) is 0 Å². The van der Waals surface area contributed by atoms with Crippen LogP contribution in [-0.4, -0.2) is 45.6 Å². The number of piperazine rings is 1. The van der Waals surface area contributed by atoms with Crippen molar-refractivity contribution >= 4 is 11.8 Å². The van der Waals surface area contributed by atoms with Crippen LogP contribution in [0.3, 0.4) is 0 Å². The summed E-state index contributed by atoms with van der Waals surface area (Å²) in [6.45, 7) is 4.82. The lowest BCUT2D eigenvalue weighted by molar-refractivity contribution is -0.144. The van der Waals surface area contributed by atoms with Gasteiger partial charge in [0.05, 0.1) is 12.7 Å². The topological polar surface area (TPSA) is 67.2 Å². The zero-order valence-corrected chi connectivity index (χ0v) is 12.3. The summed E-state index contributed by atoms with van der Waals surface area (Å²) in [4.78, 5) is 25.7. The van der Waals surface area contributed by atoms with Gasteiger partial charge in [0.2, 0.25) is 11.8 Å². The number of hydrogen-bond acceptors (Lipinski definition) is 3. The molecule has 1 atom stereocenters. The third-order valence-electron chi connectivity index (χ3n) is 3.42. The number of rotatable bonds is 5. The summed E-state index contributed by atoms with van der Waals surface area (Å²) in [5, 5.41) is 6.89. The molecule has 20 heavy (non-hydrogen) atoms. The fourth-order valence-corrected chi connectivity index (χ4v) is 2.46. The van der Waals surface area contributed by atoms with Crippen LogP contribution >= 0.6 is 0 Å². The number of aryl methyl sites for hydroxylation is 1. The maximum absolute atomic E-state index is 12.3. The molecule has 0 aromatic carbocycles. The van der Waals surface area contributed by atoms with Gasteiger partial charge in [-0.2, -0.15) is 5.10 Å². The van der Waals surface area contributed by atoms with Crippen molar-refractivity contribution in [1.29, 1.82) is 0 Å². The van der Waals surface area contributed by atoms with Crippen LogP contribution in [0.15, 0.2) is 12.4 Å². The highest BCUT2D eigenvalue weighted by Gasteiger charge is 2.32. The molecule has 6 nitrogen and oxygen atoms in total. The summed E-state index contributed by atoms with van der Waals surface area (Å²) >= 11 is 0. The van der Waals surface area contributed by atoms with E-state index in [4.69, 9.17) is 0 Å². The molecule has 0 bridgehead atoms. The van der Waals surface area contributed by atoms with Crippen LogP contribution in [0, 0.1) is 5.92 Å². The van der Waals surface area contributed by atoms with Crippen LogP contribution in [-0.2, 0) is 23.1 Å². The number of carbonyl (C=O) groups is 2. The first-order chi connectivity index (χ1) is 9.45. The molecule has 1 unspecified atom stereocenters. The van der Waals surface area contributed by atoms with Crippen molar-refractivity contribution in [2.75, 3.05) is 13.1 Å². The zero-order valence-electron chi connectivity index (χ0n) is 12.3. The fraction of sp³-hybridized carbons (Fsp3) is 0.643. The van der Waals surface area contributed by atoms with Crippen molar-refractivity contribution in [3.05, 3.63) is 18.0 Å². The summed E-state index contributed by atoms with van der Waals surface area (Å²) in [7, 11) is 1.86. The number of nitrogens with one attached hydrogen (secondary N) is 1. The Labute approximate surface area is 119 Å². The van der Waals surface area contributed by atoms with Gasteiger partial charge in [-0.15, -0.1) is 0 Å². The average molecular weight is 278 g/mol. The number of hydrogen-bond donors (Lipinski definition) is 1. The Balaban J connectivity index is 1.95. The van der Waals surface area contributed by atoms with Crippen LogP contribution in [0.25, 0.3) is 0 Å². The average Bonchev–Trinajstić information content (AvgIpc) is 2.77. The van der Waals surface area contributed by atoms with E-state index in [0.717, 1.165) is 12.0 Å². The molecule has 1 N–H and O–H groups in total. The molecule has 2 heterocycles. The second-order valence-corrected chi connectivity index (χ2v) is 5.78. The van der Waals surface area contributed by atoms with Crippen molar-refractivity contribution in [3.63, 3.8) is 0 Å². The van der Waals surface area contributed by atoms with Crippen LogP contribution in [0.4, 0.5) is 0 Å². The van der Waals surface area contributed by atoms with Crippen molar-refractivity contribution in [2.45, 2.75) is 32.7 Å². The van der Waals surface area contributed by atoms with Crippen molar-refractivity contribution in [1.82, 2.24) is 20.0 Å². The van der Waals surface area contributed by atoms with Gasteiger partial charge in [-0.25, -0.2) is 0 Å². The number of nitrogens with zero attached hydrogens (tertiary/aromatic N) is 3.